The minimum Gasteiger partial charge on any atom is -0.465 e. The maximum Gasteiger partial charge on any atom is 0.311 e. The number of cyclic esters (lactones) is 1. The SMILES string of the molecule is CC[C@@H](CO)N1C(=O)[C@@H]2[C@H]3C(=O)OCCC/C=C\[C@@]3(C)S[C@@]23C=CCN(C(C)C)C(=O)C13. The molecule has 4 rings (SSSR count). The highest BCUT2D eigenvalue weighted by molar-refractivity contribution is 8.02. The number of carbonyl (C=O) groups excluding carboxylic acids is 3. The number of esters is 1. The summed E-state index contributed by atoms with van der Waals surface area (Å²) in [5.41, 5.74) is 0. The van der Waals surface area contributed by atoms with E-state index in [1.165, 1.54) is 0 Å². The number of nitrogens with zero attached hydrogens (tertiary/aromatic N) is 2. The van der Waals surface area contributed by atoms with Gasteiger partial charge in [0.05, 0.1) is 35.8 Å². The maximum absolute atomic E-state index is 14.0. The molecule has 2 amide bonds. The van der Waals surface area contributed by atoms with Crippen LogP contribution in [0, 0.1) is 11.8 Å². The Labute approximate surface area is 194 Å². The fraction of sp³-hybridized carbons (Fsp3) is 0.708. The lowest BCUT2D eigenvalue weighted by atomic mass is 9.74. The minimum atomic E-state index is -0.887. The third-order valence-electron chi connectivity index (χ3n) is 7.42. The van der Waals surface area contributed by atoms with Crippen molar-refractivity contribution in [2.75, 3.05) is 19.8 Å². The number of rotatable bonds is 4. The Kier molecular flexibility index (Phi) is 6.22. The second kappa shape index (κ2) is 8.52. The van der Waals surface area contributed by atoms with Crippen LogP contribution in [0.1, 0.15) is 47.0 Å². The van der Waals surface area contributed by atoms with Crippen molar-refractivity contribution >= 4 is 29.5 Å². The molecule has 176 valence electrons. The van der Waals surface area contributed by atoms with E-state index in [0.29, 0.717) is 19.6 Å². The number of thioether (sulfide) groups is 1. The predicted octanol–water partition coefficient (Wildman–Crippen LogP) is 2.14. The number of ether oxygens (including phenoxy) is 1. The van der Waals surface area contributed by atoms with Gasteiger partial charge >= 0.3 is 5.97 Å². The molecule has 0 aromatic rings. The molecular weight excluding hydrogens is 428 g/mol. The first-order valence-electron chi connectivity index (χ1n) is 11.7. The highest BCUT2D eigenvalue weighted by atomic mass is 32.2. The summed E-state index contributed by atoms with van der Waals surface area (Å²) < 4.78 is 4.06. The van der Waals surface area contributed by atoms with Crippen LogP contribution in [0.2, 0.25) is 0 Å². The molecule has 0 saturated carbocycles. The van der Waals surface area contributed by atoms with Crippen molar-refractivity contribution in [3.63, 3.8) is 0 Å². The summed E-state index contributed by atoms with van der Waals surface area (Å²) in [6.07, 6.45) is 10.2. The van der Waals surface area contributed by atoms with Gasteiger partial charge in [0.25, 0.3) is 0 Å². The lowest BCUT2D eigenvalue weighted by Crippen LogP contribution is -2.57. The summed E-state index contributed by atoms with van der Waals surface area (Å²) in [5, 5.41) is 10.1. The van der Waals surface area contributed by atoms with Gasteiger partial charge in [-0.05, 0) is 40.0 Å². The van der Waals surface area contributed by atoms with Crippen molar-refractivity contribution in [3.05, 3.63) is 24.3 Å². The van der Waals surface area contributed by atoms with E-state index in [0.717, 1.165) is 12.8 Å². The Morgan fingerprint density at radius 1 is 1.19 bits per heavy atom. The van der Waals surface area contributed by atoms with E-state index >= 15 is 0 Å². The highest BCUT2D eigenvalue weighted by Crippen LogP contribution is 2.65. The topological polar surface area (TPSA) is 87.2 Å². The van der Waals surface area contributed by atoms with Gasteiger partial charge in [-0.15, -0.1) is 11.8 Å². The fourth-order valence-electron chi connectivity index (χ4n) is 5.86. The average molecular weight is 463 g/mol. The molecule has 1 N–H and O–H groups in total. The van der Waals surface area contributed by atoms with E-state index < -0.39 is 33.4 Å². The van der Waals surface area contributed by atoms with Crippen molar-refractivity contribution in [3.8, 4) is 0 Å². The normalized spacial score (nSPS) is 38.9. The average Bonchev–Trinajstić information content (AvgIpc) is 3.09. The van der Waals surface area contributed by atoms with E-state index in [1.807, 2.05) is 45.9 Å². The van der Waals surface area contributed by atoms with E-state index in [1.54, 1.807) is 21.6 Å². The van der Waals surface area contributed by atoms with E-state index in [4.69, 9.17) is 4.74 Å². The zero-order valence-electron chi connectivity index (χ0n) is 19.3. The summed E-state index contributed by atoms with van der Waals surface area (Å²) in [6, 6.07) is -1.28. The van der Waals surface area contributed by atoms with E-state index in [2.05, 4.69) is 6.08 Å². The molecule has 6 atom stereocenters. The largest absolute Gasteiger partial charge is 0.465 e. The first kappa shape index (κ1) is 23.4. The lowest BCUT2D eigenvalue weighted by molar-refractivity contribution is -0.154. The van der Waals surface area contributed by atoms with Crippen molar-refractivity contribution in [2.24, 2.45) is 11.8 Å². The maximum atomic E-state index is 14.0. The molecule has 32 heavy (non-hydrogen) atoms. The van der Waals surface area contributed by atoms with Gasteiger partial charge in [-0.2, -0.15) is 0 Å². The van der Waals surface area contributed by atoms with Crippen molar-refractivity contribution in [1.29, 1.82) is 0 Å². The smallest absolute Gasteiger partial charge is 0.311 e. The molecule has 4 aliphatic heterocycles. The van der Waals surface area contributed by atoms with Crippen LogP contribution in [-0.4, -0.2) is 80.1 Å². The number of allylic oxidation sites excluding steroid dienone is 1. The molecule has 4 heterocycles. The van der Waals surface area contributed by atoms with Crippen LogP contribution < -0.4 is 0 Å². The molecule has 7 nitrogen and oxygen atoms in total. The van der Waals surface area contributed by atoms with Crippen LogP contribution in [0.15, 0.2) is 24.3 Å². The minimum absolute atomic E-state index is 0.0310. The highest BCUT2D eigenvalue weighted by Gasteiger charge is 2.74. The van der Waals surface area contributed by atoms with Gasteiger partial charge in [0.2, 0.25) is 11.8 Å². The molecule has 2 saturated heterocycles. The number of fused-ring (bicyclic) bond motifs is 2. The number of hydrogen-bond donors (Lipinski definition) is 1. The Balaban J connectivity index is 1.91. The van der Waals surface area contributed by atoms with Crippen LogP contribution in [-0.2, 0) is 19.1 Å². The van der Waals surface area contributed by atoms with Crippen LogP contribution in [0.25, 0.3) is 0 Å². The molecular formula is C24H34N2O5S. The molecule has 2 fully saturated rings. The van der Waals surface area contributed by atoms with E-state index in [-0.39, 0.29) is 30.4 Å². The van der Waals surface area contributed by atoms with Gasteiger partial charge in [-0.3, -0.25) is 14.4 Å². The Hall–Kier alpha value is -1.80. The number of hydrogen-bond acceptors (Lipinski definition) is 6. The molecule has 8 heteroatoms. The number of amides is 2. The first-order valence-corrected chi connectivity index (χ1v) is 12.5. The summed E-state index contributed by atoms with van der Waals surface area (Å²) in [5.74, 6) is -2.13. The third kappa shape index (κ3) is 3.33. The summed E-state index contributed by atoms with van der Waals surface area (Å²) in [4.78, 5) is 44.7. The van der Waals surface area contributed by atoms with Crippen molar-refractivity contribution in [2.45, 2.75) is 74.6 Å². The number of aliphatic hydroxyl groups excluding tert-OH is 1. The Morgan fingerprint density at radius 3 is 2.59 bits per heavy atom. The molecule has 0 aliphatic carbocycles. The van der Waals surface area contributed by atoms with Crippen LogP contribution in [0.5, 0.6) is 0 Å². The first-order chi connectivity index (χ1) is 15.2. The quantitative estimate of drug-likeness (QED) is 0.509. The van der Waals surface area contributed by atoms with Gasteiger partial charge in [0.1, 0.15) is 6.04 Å². The summed E-state index contributed by atoms with van der Waals surface area (Å²) >= 11 is 1.55. The molecule has 4 aliphatic rings. The van der Waals surface area contributed by atoms with Crippen molar-refractivity contribution < 1.29 is 24.2 Å². The molecule has 1 unspecified atom stereocenters. The van der Waals surface area contributed by atoms with Gasteiger partial charge in [0.15, 0.2) is 0 Å². The fourth-order valence-corrected chi connectivity index (χ4v) is 8.00. The molecule has 0 bridgehead atoms. The Bertz CT molecular complexity index is 853. The van der Waals surface area contributed by atoms with Crippen LogP contribution in [0.3, 0.4) is 0 Å². The lowest BCUT2D eigenvalue weighted by Gasteiger charge is -2.40. The van der Waals surface area contributed by atoms with Gasteiger partial charge in [0, 0.05) is 17.3 Å². The number of likely N-dealkylation sites (tertiary alicyclic amines) is 1. The third-order valence-corrected chi connectivity index (χ3v) is 9.21. The van der Waals surface area contributed by atoms with Gasteiger partial charge in [-0.25, -0.2) is 0 Å². The van der Waals surface area contributed by atoms with E-state index in [9.17, 15) is 19.5 Å². The monoisotopic (exact) mass is 462 g/mol. The number of aliphatic hydroxyl groups is 1. The molecule has 0 radical (unpaired) electrons. The van der Waals surface area contributed by atoms with Crippen LogP contribution >= 0.6 is 11.8 Å². The van der Waals surface area contributed by atoms with Crippen LogP contribution in [0.4, 0.5) is 0 Å². The van der Waals surface area contributed by atoms with Gasteiger partial charge in [-0.1, -0.05) is 31.2 Å². The standard InChI is InChI=1S/C24H34N2O5S/c1-5-16(14-27)26-19-21(29)25(15(2)3)12-9-11-24(19)17(20(26)28)18-22(30)31-13-8-6-7-10-23(18,4)32-24/h7,9-11,15-19,27H,5-6,8,12-14H2,1-4H3/b10-7-/t16-,17-,18-,19?,23+,24-/m0/s1. The zero-order chi connectivity index (χ0) is 23.3. The summed E-state index contributed by atoms with van der Waals surface area (Å²) in [6.45, 7) is 8.38. The molecule has 0 aromatic carbocycles. The predicted molar refractivity (Wildman–Crippen MR) is 123 cm³/mol. The second-order valence-corrected chi connectivity index (χ2v) is 11.5. The zero-order valence-corrected chi connectivity index (χ0v) is 20.1. The Morgan fingerprint density at radius 2 is 1.94 bits per heavy atom. The summed E-state index contributed by atoms with van der Waals surface area (Å²) in [7, 11) is 0. The second-order valence-electron chi connectivity index (χ2n) is 9.69. The number of carbonyl (C=O) groups is 3. The molecule has 1 spiro atoms. The van der Waals surface area contributed by atoms with Gasteiger partial charge < -0.3 is 19.6 Å². The molecule has 0 aromatic heterocycles. The van der Waals surface area contributed by atoms with Crippen molar-refractivity contribution in [1.82, 2.24) is 9.80 Å².